The smallest absolute Gasteiger partial charge is 0.193 e. The van der Waals surface area contributed by atoms with Gasteiger partial charge >= 0.3 is 0 Å². The second kappa shape index (κ2) is 11.0. The number of hydrogen-bond acceptors (Lipinski definition) is 6. The van der Waals surface area contributed by atoms with Crippen LogP contribution >= 0.6 is 11.3 Å². The minimum Gasteiger partial charge on any atom is -0.362 e. The number of benzene rings is 3. The molecule has 6 rings (SSSR count). The lowest BCUT2D eigenvalue weighted by molar-refractivity contribution is 0.0801. The fourth-order valence-electron chi connectivity index (χ4n) is 5.75. The first kappa shape index (κ1) is 25.9. The minimum absolute atomic E-state index is 0.144. The highest BCUT2D eigenvalue weighted by Gasteiger charge is 2.40. The summed E-state index contributed by atoms with van der Waals surface area (Å²) >= 11 is 1.35. The van der Waals surface area contributed by atoms with Crippen molar-refractivity contribution in [2.24, 2.45) is 5.92 Å². The van der Waals surface area contributed by atoms with Gasteiger partial charge in [0.15, 0.2) is 16.7 Å². The lowest BCUT2D eigenvalue weighted by atomic mass is 9.76. The second-order valence-corrected chi connectivity index (χ2v) is 11.0. The fraction of sp³-hybridized carbons (Fsp3) is 0.212. The van der Waals surface area contributed by atoms with Crippen LogP contribution in [-0.4, -0.2) is 32.6 Å². The van der Waals surface area contributed by atoms with Crippen LogP contribution in [0.1, 0.15) is 62.3 Å². The summed E-state index contributed by atoms with van der Waals surface area (Å²) in [5, 5.41) is 3.94. The summed E-state index contributed by atoms with van der Waals surface area (Å²) in [6, 6.07) is 30.8. The number of Topliss-reactive ketones (excluding diaryl/α,β-unsaturated/α-hetero) is 2. The molecule has 200 valence electrons. The number of imidazole rings is 1. The summed E-state index contributed by atoms with van der Waals surface area (Å²) in [4.78, 5) is 37.4. The van der Waals surface area contributed by atoms with Crippen LogP contribution in [0.2, 0.25) is 0 Å². The predicted octanol–water partition coefficient (Wildman–Crippen LogP) is 6.63. The van der Waals surface area contributed by atoms with Crippen molar-refractivity contribution in [2.45, 2.75) is 31.7 Å². The van der Waals surface area contributed by atoms with E-state index in [1.807, 2.05) is 72.3 Å². The Kier molecular flexibility index (Phi) is 7.13. The van der Waals surface area contributed by atoms with Crippen LogP contribution in [0, 0.1) is 5.92 Å². The minimum atomic E-state index is -0.770. The highest BCUT2D eigenvalue weighted by molar-refractivity contribution is 7.17. The number of ketones is 2. The summed E-state index contributed by atoms with van der Waals surface area (Å²) in [6.07, 6.45) is 5.45. The molecule has 0 saturated heterocycles. The van der Waals surface area contributed by atoms with E-state index in [1.54, 1.807) is 6.33 Å². The number of carbonyl (C=O) groups excluding carboxylic acids is 2. The Morgan fingerprint density at radius 2 is 1.52 bits per heavy atom. The maximum Gasteiger partial charge on any atom is 0.193 e. The molecule has 1 N–H and O–H groups in total. The van der Waals surface area contributed by atoms with E-state index in [0.29, 0.717) is 23.4 Å². The molecule has 0 saturated carbocycles. The molecule has 5 aromatic rings. The molecule has 0 bridgehead atoms. The van der Waals surface area contributed by atoms with Gasteiger partial charge in [-0.15, -0.1) is 0 Å². The van der Waals surface area contributed by atoms with Gasteiger partial charge in [0.05, 0.1) is 22.8 Å². The van der Waals surface area contributed by atoms with Gasteiger partial charge in [-0.1, -0.05) is 102 Å². The van der Waals surface area contributed by atoms with Crippen molar-refractivity contribution in [3.63, 3.8) is 0 Å². The molecule has 1 atom stereocenters. The molecule has 0 spiro atoms. The van der Waals surface area contributed by atoms with Crippen molar-refractivity contribution in [1.29, 1.82) is 0 Å². The lowest BCUT2D eigenvalue weighted by Gasteiger charge is -2.37. The number of nitrogens with one attached hydrogen (secondary N) is 1. The number of rotatable bonds is 8. The van der Waals surface area contributed by atoms with E-state index in [1.165, 1.54) is 11.3 Å². The molecule has 1 aliphatic rings. The Hall–Kier alpha value is -4.36. The molecule has 1 aliphatic carbocycles. The van der Waals surface area contributed by atoms with Gasteiger partial charge in [-0.25, -0.2) is 9.97 Å². The maximum absolute atomic E-state index is 13.9. The van der Waals surface area contributed by atoms with Gasteiger partial charge in [0.2, 0.25) is 0 Å². The van der Waals surface area contributed by atoms with Crippen LogP contribution in [0.15, 0.2) is 104 Å². The Labute approximate surface area is 237 Å². The third kappa shape index (κ3) is 4.46. The molecule has 0 radical (unpaired) electrons. The highest BCUT2D eigenvalue weighted by atomic mass is 32.1. The van der Waals surface area contributed by atoms with Crippen LogP contribution < -0.4 is 5.32 Å². The standard InChI is InChI=1S/C33H30N4O2S/c1-2-34-32-36-27-20-12-19-26(30(39)31(27)40-32)29(38)28-21-37(22-35-28)33(23-13-6-3-7-14-23,24-15-8-4-9-16-24)25-17-10-5-11-18-25/h3-11,13-18,21-22,26H,2,12,19-20H2,1H3,(H,34,36). The zero-order valence-corrected chi connectivity index (χ0v) is 23.1. The van der Waals surface area contributed by atoms with Crippen LogP contribution in [0.4, 0.5) is 5.13 Å². The topological polar surface area (TPSA) is 76.9 Å². The van der Waals surface area contributed by atoms with Gasteiger partial charge < -0.3 is 9.88 Å². The highest BCUT2D eigenvalue weighted by Crippen LogP contribution is 2.41. The largest absolute Gasteiger partial charge is 0.362 e. The molecule has 2 heterocycles. The fourth-order valence-corrected chi connectivity index (χ4v) is 6.82. The van der Waals surface area contributed by atoms with Crippen molar-refractivity contribution in [2.75, 3.05) is 11.9 Å². The van der Waals surface area contributed by atoms with E-state index in [2.05, 4.69) is 51.7 Å². The SMILES string of the molecule is CCNc1nc2c(s1)C(=O)C(C(=O)c1cn(C(c3ccccc3)(c3ccccc3)c3ccccc3)cn1)CCC2. The van der Waals surface area contributed by atoms with Gasteiger partial charge in [0.1, 0.15) is 11.2 Å². The first-order valence-electron chi connectivity index (χ1n) is 13.7. The molecule has 6 nitrogen and oxygen atoms in total. The Balaban J connectivity index is 1.45. The average molecular weight is 547 g/mol. The number of carbonyl (C=O) groups is 2. The van der Waals surface area contributed by atoms with Crippen LogP contribution in [0.5, 0.6) is 0 Å². The third-order valence-corrected chi connectivity index (χ3v) is 8.66. The second-order valence-electron chi connectivity index (χ2n) is 9.97. The number of fused-ring (bicyclic) bond motifs is 1. The summed E-state index contributed by atoms with van der Waals surface area (Å²) < 4.78 is 2.02. The lowest BCUT2D eigenvalue weighted by Crippen LogP contribution is -2.37. The molecule has 0 fully saturated rings. The van der Waals surface area contributed by atoms with Crippen LogP contribution in [0.25, 0.3) is 0 Å². The molecule has 3 aromatic carbocycles. The van der Waals surface area contributed by atoms with Gasteiger partial charge in [-0.05, 0) is 42.9 Å². The van der Waals surface area contributed by atoms with Crippen LogP contribution in [-0.2, 0) is 12.0 Å². The van der Waals surface area contributed by atoms with E-state index in [4.69, 9.17) is 0 Å². The third-order valence-electron chi connectivity index (χ3n) is 7.59. The van der Waals surface area contributed by atoms with Gasteiger partial charge in [-0.3, -0.25) is 9.59 Å². The van der Waals surface area contributed by atoms with E-state index in [0.717, 1.165) is 40.5 Å². The molecule has 0 amide bonds. The van der Waals surface area contributed by atoms with E-state index in [9.17, 15) is 9.59 Å². The molecule has 7 heteroatoms. The number of hydrogen-bond donors (Lipinski definition) is 1. The molecule has 40 heavy (non-hydrogen) atoms. The summed E-state index contributed by atoms with van der Waals surface area (Å²) in [5.41, 5.74) is 3.45. The van der Waals surface area contributed by atoms with Crippen molar-refractivity contribution >= 4 is 28.0 Å². The van der Waals surface area contributed by atoms with Crippen molar-refractivity contribution in [1.82, 2.24) is 14.5 Å². The Morgan fingerprint density at radius 1 is 0.950 bits per heavy atom. The van der Waals surface area contributed by atoms with E-state index < -0.39 is 11.5 Å². The van der Waals surface area contributed by atoms with Crippen LogP contribution in [0.3, 0.4) is 0 Å². The van der Waals surface area contributed by atoms with Crippen molar-refractivity contribution in [3.8, 4) is 0 Å². The Bertz CT molecular complexity index is 1530. The predicted molar refractivity (Wildman–Crippen MR) is 158 cm³/mol. The van der Waals surface area contributed by atoms with Crippen molar-refractivity contribution in [3.05, 3.63) is 136 Å². The number of aryl methyl sites for hydroxylation is 1. The number of nitrogens with zero attached hydrogens (tertiary/aromatic N) is 3. The zero-order valence-electron chi connectivity index (χ0n) is 22.3. The average Bonchev–Trinajstić information content (AvgIpc) is 3.62. The maximum atomic E-state index is 13.9. The van der Waals surface area contributed by atoms with E-state index in [-0.39, 0.29) is 11.6 Å². The van der Waals surface area contributed by atoms with Gasteiger partial charge in [0.25, 0.3) is 0 Å². The summed E-state index contributed by atoms with van der Waals surface area (Å²) in [5.74, 6) is -1.15. The number of aromatic nitrogens is 3. The first-order chi connectivity index (χ1) is 19.6. The quantitative estimate of drug-likeness (QED) is 0.102. The van der Waals surface area contributed by atoms with Gasteiger partial charge in [-0.2, -0.15) is 0 Å². The van der Waals surface area contributed by atoms with Crippen molar-refractivity contribution < 1.29 is 9.59 Å². The number of anilines is 1. The molecular formula is C33H30N4O2S. The molecular weight excluding hydrogens is 516 g/mol. The van der Waals surface area contributed by atoms with Gasteiger partial charge in [0, 0.05) is 12.7 Å². The molecule has 2 aromatic heterocycles. The molecule has 0 aliphatic heterocycles. The van der Waals surface area contributed by atoms with E-state index >= 15 is 0 Å². The Morgan fingerprint density at radius 3 is 2.08 bits per heavy atom. The monoisotopic (exact) mass is 546 g/mol. The summed E-state index contributed by atoms with van der Waals surface area (Å²) in [7, 11) is 0. The number of thiazole rings is 1. The molecule has 1 unspecified atom stereocenters. The zero-order chi connectivity index (χ0) is 27.5. The normalized spacial score (nSPS) is 15.3. The first-order valence-corrected chi connectivity index (χ1v) is 14.5. The summed E-state index contributed by atoms with van der Waals surface area (Å²) in [6.45, 7) is 2.73.